The van der Waals surface area contributed by atoms with Crippen LogP contribution in [0.5, 0.6) is 0 Å². The summed E-state index contributed by atoms with van der Waals surface area (Å²) in [6.07, 6.45) is 1.41. The molecule has 1 fully saturated rings. The minimum atomic E-state index is -3.49. The molecule has 0 unspecified atom stereocenters. The van der Waals surface area contributed by atoms with E-state index in [1.54, 1.807) is 29.5 Å². The molecule has 1 aromatic heterocycles. The number of carbonyl (C=O) groups excluding carboxylic acids is 1. The van der Waals surface area contributed by atoms with E-state index < -0.39 is 10.0 Å². The number of benzene rings is 1. The van der Waals surface area contributed by atoms with Crippen LogP contribution in [0, 0.1) is 5.92 Å². The molecule has 0 aliphatic carbocycles. The van der Waals surface area contributed by atoms with Gasteiger partial charge in [0.05, 0.1) is 5.92 Å². The first-order chi connectivity index (χ1) is 11.5. The molecule has 7 heteroatoms. The minimum absolute atomic E-state index is 0.0349. The molecule has 0 saturated carbocycles. The Bertz CT molecular complexity index is 789. The van der Waals surface area contributed by atoms with Crippen molar-refractivity contribution in [2.75, 3.05) is 25.0 Å². The Hall–Kier alpha value is -1.70. The number of nitrogens with zero attached hydrogens (tertiary/aromatic N) is 2. The predicted octanol–water partition coefficient (Wildman–Crippen LogP) is 2.81. The molecule has 24 heavy (non-hydrogen) atoms. The second-order valence-corrected chi connectivity index (χ2v) is 8.98. The Morgan fingerprint density at radius 3 is 2.62 bits per heavy atom. The van der Waals surface area contributed by atoms with E-state index in [1.165, 1.54) is 15.6 Å². The number of para-hydroxylation sites is 1. The molecule has 1 aromatic carbocycles. The third kappa shape index (κ3) is 3.38. The van der Waals surface area contributed by atoms with Crippen LogP contribution < -0.4 is 4.90 Å². The Morgan fingerprint density at radius 2 is 1.96 bits per heavy atom. The molecular formula is C17H20N2O3S2. The van der Waals surface area contributed by atoms with E-state index in [0.29, 0.717) is 23.6 Å². The molecule has 0 bridgehead atoms. The zero-order chi connectivity index (χ0) is 17.2. The van der Waals surface area contributed by atoms with Crippen molar-refractivity contribution >= 4 is 33.0 Å². The third-order valence-corrected chi connectivity index (χ3v) is 7.53. The lowest BCUT2D eigenvalue weighted by Crippen LogP contribution is -2.45. The monoisotopic (exact) mass is 364 g/mol. The molecule has 5 nitrogen and oxygen atoms in total. The molecular weight excluding hydrogens is 344 g/mol. The fraction of sp³-hybridized carbons (Fsp3) is 0.353. The summed E-state index contributed by atoms with van der Waals surface area (Å²) in [4.78, 5) is 14.4. The smallest absolute Gasteiger partial charge is 0.252 e. The van der Waals surface area contributed by atoms with E-state index in [2.05, 4.69) is 0 Å². The summed E-state index contributed by atoms with van der Waals surface area (Å²) in [5.74, 6) is -0.342. The highest BCUT2D eigenvalue weighted by molar-refractivity contribution is 7.91. The van der Waals surface area contributed by atoms with Gasteiger partial charge in [-0.1, -0.05) is 24.3 Å². The van der Waals surface area contributed by atoms with E-state index in [0.717, 1.165) is 5.69 Å². The van der Waals surface area contributed by atoms with Gasteiger partial charge in [0.2, 0.25) is 5.91 Å². The maximum atomic E-state index is 12.8. The number of rotatable bonds is 4. The molecule has 1 aliphatic heterocycles. The topological polar surface area (TPSA) is 57.7 Å². The summed E-state index contributed by atoms with van der Waals surface area (Å²) in [7, 11) is -1.75. The number of hydrogen-bond donors (Lipinski definition) is 0. The minimum Gasteiger partial charge on any atom is -0.315 e. The summed E-state index contributed by atoms with van der Waals surface area (Å²) in [6, 6.07) is 12.8. The molecule has 0 N–H and O–H groups in total. The number of anilines is 1. The highest BCUT2D eigenvalue weighted by Gasteiger charge is 2.35. The van der Waals surface area contributed by atoms with Crippen LogP contribution >= 0.6 is 11.3 Å². The molecule has 1 aliphatic rings. The molecule has 2 heterocycles. The van der Waals surface area contributed by atoms with Gasteiger partial charge in [0.1, 0.15) is 4.21 Å². The Kier molecular flexibility index (Phi) is 5.03. The van der Waals surface area contributed by atoms with E-state index in [9.17, 15) is 13.2 Å². The summed E-state index contributed by atoms with van der Waals surface area (Å²) in [5.41, 5.74) is 0.820. The van der Waals surface area contributed by atoms with E-state index in [4.69, 9.17) is 0 Å². The van der Waals surface area contributed by atoms with Gasteiger partial charge < -0.3 is 4.90 Å². The van der Waals surface area contributed by atoms with Crippen molar-refractivity contribution in [3.63, 3.8) is 0 Å². The van der Waals surface area contributed by atoms with Crippen molar-refractivity contribution in [1.82, 2.24) is 4.31 Å². The lowest BCUT2D eigenvalue weighted by atomic mass is 9.98. The molecule has 1 amide bonds. The maximum Gasteiger partial charge on any atom is 0.252 e. The predicted molar refractivity (Wildman–Crippen MR) is 95.7 cm³/mol. The van der Waals surface area contributed by atoms with E-state index in [1.807, 2.05) is 30.3 Å². The lowest BCUT2D eigenvalue weighted by molar-refractivity contribution is -0.123. The number of hydrogen-bond acceptors (Lipinski definition) is 4. The number of thiophene rings is 1. The van der Waals surface area contributed by atoms with E-state index >= 15 is 0 Å². The van der Waals surface area contributed by atoms with Crippen molar-refractivity contribution in [2.24, 2.45) is 5.92 Å². The van der Waals surface area contributed by atoms with Crippen LogP contribution in [-0.2, 0) is 14.8 Å². The highest BCUT2D eigenvalue weighted by atomic mass is 32.2. The first kappa shape index (κ1) is 17.1. The normalized spacial score (nSPS) is 19.1. The number of piperidine rings is 1. The fourth-order valence-corrected chi connectivity index (χ4v) is 5.62. The van der Waals surface area contributed by atoms with Gasteiger partial charge in [-0.3, -0.25) is 4.79 Å². The zero-order valence-electron chi connectivity index (χ0n) is 13.5. The SMILES string of the molecule is CN(C(=O)[C@H]1CCCN(S(=O)(=O)c2cccs2)C1)c1ccccc1. The molecule has 1 saturated heterocycles. The Labute approximate surface area is 146 Å². The maximum absolute atomic E-state index is 12.8. The van der Waals surface area contributed by atoms with Crippen LogP contribution in [0.3, 0.4) is 0 Å². The standard InChI is InChI=1S/C17H20N2O3S2/c1-18(15-8-3-2-4-9-15)17(20)14-7-5-11-19(13-14)24(21,22)16-10-6-12-23-16/h2-4,6,8-10,12,14H,5,7,11,13H2,1H3/t14-/m0/s1. The van der Waals surface area contributed by atoms with Crippen LogP contribution in [0.1, 0.15) is 12.8 Å². The molecule has 128 valence electrons. The van der Waals surface area contributed by atoms with Crippen LogP contribution in [0.4, 0.5) is 5.69 Å². The molecule has 0 radical (unpaired) electrons. The van der Waals surface area contributed by atoms with Gasteiger partial charge >= 0.3 is 0 Å². The fourth-order valence-electron chi connectivity index (χ4n) is 2.95. The Morgan fingerprint density at radius 1 is 1.21 bits per heavy atom. The first-order valence-corrected chi connectivity index (χ1v) is 10.2. The van der Waals surface area contributed by atoms with Crippen LogP contribution in [0.15, 0.2) is 52.1 Å². The second-order valence-electron chi connectivity index (χ2n) is 5.87. The Balaban J connectivity index is 1.75. The van der Waals surface area contributed by atoms with Crippen LogP contribution in [-0.4, -0.2) is 38.8 Å². The lowest BCUT2D eigenvalue weighted by Gasteiger charge is -2.33. The number of carbonyl (C=O) groups is 1. The van der Waals surface area contributed by atoms with Gasteiger partial charge in [-0.2, -0.15) is 4.31 Å². The average molecular weight is 364 g/mol. The largest absolute Gasteiger partial charge is 0.315 e. The van der Waals surface area contributed by atoms with Crippen molar-refractivity contribution < 1.29 is 13.2 Å². The van der Waals surface area contributed by atoms with Crippen molar-refractivity contribution in [3.8, 4) is 0 Å². The van der Waals surface area contributed by atoms with Crippen LogP contribution in [0.25, 0.3) is 0 Å². The molecule has 3 rings (SSSR count). The van der Waals surface area contributed by atoms with E-state index in [-0.39, 0.29) is 18.4 Å². The second kappa shape index (κ2) is 7.04. The molecule has 2 aromatic rings. The summed E-state index contributed by atoms with van der Waals surface area (Å²) in [5, 5.41) is 1.75. The summed E-state index contributed by atoms with van der Waals surface area (Å²) in [6.45, 7) is 0.718. The molecule has 1 atom stereocenters. The van der Waals surface area contributed by atoms with Gasteiger partial charge in [-0.25, -0.2) is 8.42 Å². The zero-order valence-corrected chi connectivity index (χ0v) is 15.1. The quantitative estimate of drug-likeness (QED) is 0.838. The number of sulfonamides is 1. The van der Waals surface area contributed by atoms with Crippen molar-refractivity contribution in [2.45, 2.75) is 17.1 Å². The average Bonchev–Trinajstić information content (AvgIpc) is 3.17. The molecule has 0 spiro atoms. The number of amides is 1. The summed E-state index contributed by atoms with van der Waals surface area (Å²) < 4.78 is 27.1. The van der Waals surface area contributed by atoms with Gasteiger partial charge in [0.15, 0.2) is 0 Å². The van der Waals surface area contributed by atoms with Crippen molar-refractivity contribution in [1.29, 1.82) is 0 Å². The highest BCUT2D eigenvalue weighted by Crippen LogP contribution is 2.28. The van der Waals surface area contributed by atoms with Gasteiger partial charge in [-0.05, 0) is 36.4 Å². The summed E-state index contributed by atoms with van der Waals surface area (Å²) >= 11 is 1.21. The van der Waals surface area contributed by atoms with Gasteiger partial charge in [0.25, 0.3) is 10.0 Å². The van der Waals surface area contributed by atoms with Gasteiger partial charge in [-0.15, -0.1) is 11.3 Å². The van der Waals surface area contributed by atoms with Gasteiger partial charge in [0, 0.05) is 25.8 Å². The first-order valence-electron chi connectivity index (χ1n) is 7.86. The van der Waals surface area contributed by atoms with Crippen LogP contribution in [0.2, 0.25) is 0 Å². The third-order valence-electron chi connectivity index (χ3n) is 4.30. The van der Waals surface area contributed by atoms with Crippen molar-refractivity contribution in [3.05, 3.63) is 47.8 Å².